The number of hydrogen-bond acceptors (Lipinski definition) is 8. The quantitative estimate of drug-likeness (QED) is 0.710. The molecule has 2 heterocycles. The molecular weight excluding hydrogens is 402 g/mol. The number of rotatable bonds is 5. The van der Waals surface area contributed by atoms with Crippen LogP contribution >= 0.6 is 0 Å². The molecule has 10 heteroatoms. The number of urea groups is 1. The molecule has 10 nitrogen and oxygen atoms in total. The Morgan fingerprint density at radius 3 is 2.45 bits per heavy atom. The Hall–Kier alpha value is -3.43. The van der Waals surface area contributed by atoms with Gasteiger partial charge in [0.15, 0.2) is 0 Å². The van der Waals surface area contributed by atoms with Gasteiger partial charge in [-0.05, 0) is 26.0 Å². The standard InChI is InChI=1S/C21H29N5O5/c1-7-31-19(27)17-13(2)22-20(26-11-24(3)21(28)25(4)12-26)23-18(17)15-9-8-14(29-5)10-16(15)30-6/h8-10,18H,7,11-12H2,1-6H3,(H,22,23). The van der Waals surface area contributed by atoms with Crippen molar-refractivity contribution in [2.45, 2.75) is 19.9 Å². The third kappa shape index (κ3) is 4.37. The zero-order valence-electron chi connectivity index (χ0n) is 18.8. The number of ether oxygens (including phenoxy) is 3. The van der Waals surface area contributed by atoms with E-state index in [0.717, 1.165) is 0 Å². The Morgan fingerprint density at radius 2 is 1.87 bits per heavy atom. The van der Waals surface area contributed by atoms with Crippen molar-refractivity contribution >= 4 is 18.0 Å². The first-order chi connectivity index (χ1) is 14.8. The van der Waals surface area contributed by atoms with E-state index in [1.54, 1.807) is 57.2 Å². The van der Waals surface area contributed by atoms with Gasteiger partial charge in [-0.2, -0.15) is 0 Å². The number of hydrogen-bond donors (Lipinski definition) is 1. The highest BCUT2D eigenvalue weighted by molar-refractivity contribution is 5.95. The minimum Gasteiger partial charge on any atom is -0.497 e. The maximum absolute atomic E-state index is 12.8. The fourth-order valence-electron chi connectivity index (χ4n) is 3.67. The number of nitrogens with zero attached hydrogens (tertiary/aromatic N) is 4. The number of allylic oxidation sites excluding steroid dienone is 1. The van der Waals surface area contributed by atoms with Crippen LogP contribution in [-0.4, -0.2) is 80.9 Å². The molecule has 3 rings (SSSR count). The molecular formula is C21H29N5O5. The molecule has 0 aromatic heterocycles. The van der Waals surface area contributed by atoms with E-state index in [0.29, 0.717) is 47.6 Å². The van der Waals surface area contributed by atoms with Crippen molar-refractivity contribution in [3.05, 3.63) is 35.0 Å². The maximum Gasteiger partial charge on any atom is 0.338 e. The number of esters is 1. The number of aliphatic imine (C=N–C) groups is 1. The largest absolute Gasteiger partial charge is 0.497 e. The smallest absolute Gasteiger partial charge is 0.338 e. The summed E-state index contributed by atoms with van der Waals surface area (Å²) in [4.78, 5) is 34.9. The summed E-state index contributed by atoms with van der Waals surface area (Å²) in [7, 11) is 6.59. The summed E-state index contributed by atoms with van der Waals surface area (Å²) in [6, 6.07) is 4.67. The molecule has 1 fully saturated rings. The lowest BCUT2D eigenvalue weighted by Crippen LogP contribution is -2.59. The lowest BCUT2D eigenvalue weighted by Gasteiger charge is -2.41. The van der Waals surface area contributed by atoms with Crippen molar-refractivity contribution in [3.8, 4) is 11.5 Å². The molecule has 1 unspecified atom stereocenters. The molecule has 1 saturated heterocycles. The van der Waals surface area contributed by atoms with Crippen molar-refractivity contribution in [1.82, 2.24) is 20.0 Å². The SMILES string of the molecule is CCOC(=O)C1=C(C)NC(N2CN(C)C(=O)N(C)C2)=NC1c1ccc(OC)cc1OC. The molecule has 0 radical (unpaired) electrons. The van der Waals surface area contributed by atoms with Crippen molar-refractivity contribution in [2.75, 3.05) is 48.3 Å². The van der Waals surface area contributed by atoms with Gasteiger partial charge in [-0.3, -0.25) is 0 Å². The third-order valence-electron chi connectivity index (χ3n) is 5.18. The molecule has 1 N–H and O–H groups in total. The van der Waals surface area contributed by atoms with Gasteiger partial charge < -0.3 is 34.2 Å². The molecule has 168 valence electrons. The third-order valence-corrected chi connectivity index (χ3v) is 5.18. The van der Waals surface area contributed by atoms with Crippen molar-refractivity contribution < 1.29 is 23.8 Å². The van der Waals surface area contributed by atoms with Crippen LogP contribution in [0.3, 0.4) is 0 Å². The van der Waals surface area contributed by atoms with Crippen LogP contribution in [0.25, 0.3) is 0 Å². The Kier molecular flexibility index (Phi) is 6.57. The Bertz CT molecular complexity index is 915. The number of benzene rings is 1. The second-order valence-corrected chi connectivity index (χ2v) is 7.35. The average Bonchev–Trinajstić information content (AvgIpc) is 2.76. The average molecular weight is 431 g/mol. The minimum absolute atomic E-state index is 0.0690. The summed E-state index contributed by atoms with van der Waals surface area (Å²) >= 11 is 0. The molecule has 1 atom stereocenters. The van der Waals surface area contributed by atoms with Gasteiger partial charge in [-0.1, -0.05) is 0 Å². The van der Waals surface area contributed by atoms with Crippen LogP contribution < -0.4 is 14.8 Å². The summed E-state index contributed by atoms with van der Waals surface area (Å²) in [6.45, 7) is 4.56. The predicted octanol–water partition coefficient (Wildman–Crippen LogP) is 1.76. The lowest BCUT2D eigenvalue weighted by atomic mass is 9.95. The highest BCUT2D eigenvalue weighted by Crippen LogP contribution is 2.38. The first kappa shape index (κ1) is 22.3. The van der Waals surface area contributed by atoms with Gasteiger partial charge in [-0.15, -0.1) is 0 Å². The molecule has 0 spiro atoms. The van der Waals surface area contributed by atoms with Crippen LogP contribution in [0.5, 0.6) is 11.5 Å². The summed E-state index contributed by atoms with van der Waals surface area (Å²) < 4.78 is 16.2. The van der Waals surface area contributed by atoms with E-state index in [9.17, 15) is 9.59 Å². The summed E-state index contributed by atoms with van der Waals surface area (Å²) in [5.74, 6) is 1.29. The normalized spacial score (nSPS) is 19.2. The van der Waals surface area contributed by atoms with Crippen LogP contribution in [-0.2, 0) is 9.53 Å². The van der Waals surface area contributed by atoms with Crippen LogP contribution in [0, 0.1) is 0 Å². The number of nitrogens with one attached hydrogen (secondary N) is 1. The van der Waals surface area contributed by atoms with Crippen LogP contribution in [0.15, 0.2) is 34.5 Å². The number of guanidine groups is 1. The van der Waals surface area contributed by atoms with E-state index in [-0.39, 0.29) is 12.6 Å². The van der Waals surface area contributed by atoms with E-state index in [1.165, 1.54) is 0 Å². The van der Waals surface area contributed by atoms with Crippen molar-refractivity contribution in [2.24, 2.45) is 4.99 Å². The Labute approximate surface area is 182 Å². The maximum atomic E-state index is 12.8. The zero-order valence-corrected chi connectivity index (χ0v) is 18.8. The van der Waals surface area contributed by atoms with E-state index in [2.05, 4.69) is 5.32 Å². The summed E-state index contributed by atoms with van der Waals surface area (Å²) in [5.41, 5.74) is 1.75. The van der Waals surface area contributed by atoms with Crippen molar-refractivity contribution in [3.63, 3.8) is 0 Å². The van der Waals surface area contributed by atoms with Gasteiger partial charge in [0, 0.05) is 31.4 Å². The summed E-state index contributed by atoms with van der Waals surface area (Å²) in [6.07, 6.45) is 0. The van der Waals surface area contributed by atoms with Gasteiger partial charge in [-0.25, -0.2) is 14.6 Å². The second-order valence-electron chi connectivity index (χ2n) is 7.35. The van der Waals surface area contributed by atoms with E-state index >= 15 is 0 Å². The number of carbonyl (C=O) groups excluding carboxylic acids is 2. The minimum atomic E-state index is -0.649. The summed E-state index contributed by atoms with van der Waals surface area (Å²) in [5, 5.41) is 3.22. The first-order valence-electron chi connectivity index (χ1n) is 9.96. The highest BCUT2D eigenvalue weighted by atomic mass is 16.5. The first-order valence-corrected chi connectivity index (χ1v) is 9.96. The molecule has 1 aromatic rings. The molecule has 0 aliphatic carbocycles. The fraction of sp³-hybridized carbons (Fsp3) is 0.476. The molecule has 0 saturated carbocycles. The van der Waals surface area contributed by atoms with E-state index in [1.807, 2.05) is 17.9 Å². The zero-order chi connectivity index (χ0) is 22.7. The highest BCUT2D eigenvalue weighted by Gasteiger charge is 2.35. The van der Waals surface area contributed by atoms with Crippen LogP contribution in [0.2, 0.25) is 0 Å². The number of methoxy groups -OCH3 is 2. The lowest BCUT2D eigenvalue weighted by molar-refractivity contribution is -0.138. The predicted molar refractivity (Wildman–Crippen MR) is 115 cm³/mol. The van der Waals surface area contributed by atoms with Gasteiger partial charge in [0.05, 0.1) is 39.7 Å². The number of amides is 2. The van der Waals surface area contributed by atoms with E-state index in [4.69, 9.17) is 19.2 Å². The number of carbonyl (C=O) groups is 2. The van der Waals surface area contributed by atoms with Crippen molar-refractivity contribution in [1.29, 1.82) is 0 Å². The fourth-order valence-corrected chi connectivity index (χ4v) is 3.67. The topological polar surface area (TPSA) is 95.9 Å². The van der Waals surface area contributed by atoms with Gasteiger partial charge in [0.2, 0.25) is 5.96 Å². The van der Waals surface area contributed by atoms with E-state index < -0.39 is 12.0 Å². The molecule has 31 heavy (non-hydrogen) atoms. The van der Waals surface area contributed by atoms with Crippen LogP contribution in [0.4, 0.5) is 4.79 Å². The molecule has 1 aromatic carbocycles. The molecule has 0 bridgehead atoms. The second kappa shape index (κ2) is 9.15. The molecule has 2 amide bonds. The Morgan fingerprint density at radius 1 is 1.19 bits per heavy atom. The van der Waals surface area contributed by atoms with Gasteiger partial charge in [0.1, 0.15) is 17.5 Å². The Balaban J connectivity index is 2.06. The van der Waals surface area contributed by atoms with Gasteiger partial charge >= 0.3 is 12.0 Å². The van der Waals surface area contributed by atoms with Gasteiger partial charge in [0.25, 0.3) is 0 Å². The van der Waals surface area contributed by atoms with Crippen LogP contribution in [0.1, 0.15) is 25.5 Å². The molecule has 2 aliphatic heterocycles. The molecule has 2 aliphatic rings. The monoisotopic (exact) mass is 431 g/mol.